The number of halogens is 1. The molecular formula is C20H21BrN2O3S. The monoisotopic (exact) mass is 448 g/mol. The van der Waals surface area contributed by atoms with E-state index in [4.69, 9.17) is 0 Å². The smallest absolute Gasteiger partial charge is 0.248 e. The molecule has 142 valence electrons. The number of sulfonamides is 1. The molecule has 7 heteroatoms. The van der Waals surface area contributed by atoms with Crippen molar-refractivity contribution in [2.45, 2.75) is 24.2 Å². The molecule has 0 atom stereocenters. The number of rotatable bonds is 5. The van der Waals surface area contributed by atoms with Gasteiger partial charge in [-0.25, -0.2) is 8.42 Å². The number of amides is 1. The number of carbonyl (C=O) groups is 1. The minimum absolute atomic E-state index is 0.257. The van der Waals surface area contributed by atoms with Gasteiger partial charge in [-0.2, -0.15) is 4.31 Å². The van der Waals surface area contributed by atoms with Crippen LogP contribution in [0.1, 0.15) is 24.8 Å². The summed E-state index contributed by atoms with van der Waals surface area (Å²) in [7, 11) is -3.45. The number of carbonyl (C=O) groups excluding carboxylic acids is 1. The SMILES string of the molecule is O=C(/C=C/c1ccc(Br)cc1)Nc1ccc(S(=O)(=O)N2CCCCC2)cc1. The molecule has 1 aliphatic heterocycles. The first-order valence-corrected chi connectivity index (χ1v) is 11.0. The van der Waals surface area contributed by atoms with Gasteiger partial charge in [-0.3, -0.25) is 4.79 Å². The molecule has 0 aromatic heterocycles. The maximum atomic E-state index is 12.6. The van der Waals surface area contributed by atoms with E-state index in [0.717, 1.165) is 29.3 Å². The second kappa shape index (κ2) is 8.82. The van der Waals surface area contributed by atoms with Crippen molar-refractivity contribution in [3.8, 4) is 0 Å². The van der Waals surface area contributed by atoms with Gasteiger partial charge >= 0.3 is 0 Å². The maximum absolute atomic E-state index is 12.6. The standard InChI is InChI=1S/C20H21BrN2O3S/c21-17-7-4-16(5-8-17)6-13-20(24)22-18-9-11-19(12-10-18)27(25,26)23-14-2-1-3-15-23/h4-13H,1-3,14-15H2,(H,22,24)/b13-6+. The molecule has 2 aromatic rings. The van der Waals surface area contributed by atoms with Gasteiger partial charge in [0.25, 0.3) is 0 Å². The quantitative estimate of drug-likeness (QED) is 0.694. The lowest BCUT2D eigenvalue weighted by atomic mass is 10.2. The third-order valence-electron chi connectivity index (χ3n) is 4.37. The number of nitrogens with one attached hydrogen (secondary N) is 1. The lowest BCUT2D eigenvalue weighted by Gasteiger charge is -2.25. The molecule has 1 fully saturated rings. The van der Waals surface area contributed by atoms with Gasteiger partial charge in [-0.05, 0) is 60.9 Å². The average molecular weight is 449 g/mol. The zero-order valence-electron chi connectivity index (χ0n) is 14.8. The Balaban J connectivity index is 1.63. The molecule has 0 radical (unpaired) electrons. The molecule has 1 N–H and O–H groups in total. The lowest BCUT2D eigenvalue weighted by molar-refractivity contribution is -0.111. The highest BCUT2D eigenvalue weighted by molar-refractivity contribution is 9.10. The molecule has 0 unspecified atom stereocenters. The Bertz CT molecular complexity index is 917. The molecule has 0 aliphatic carbocycles. The normalized spacial score (nSPS) is 15.7. The van der Waals surface area contributed by atoms with Gasteiger partial charge in [0.2, 0.25) is 15.9 Å². The van der Waals surface area contributed by atoms with Gasteiger partial charge in [0.05, 0.1) is 4.90 Å². The Labute approximate surface area is 168 Å². The van der Waals surface area contributed by atoms with Crippen molar-refractivity contribution in [1.82, 2.24) is 4.31 Å². The largest absolute Gasteiger partial charge is 0.323 e. The summed E-state index contributed by atoms with van der Waals surface area (Å²) in [6, 6.07) is 13.9. The van der Waals surface area contributed by atoms with E-state index in [-0.39, 0.29) is 10.8 Å². The predicted octanol–water partition coefficient (Wildman–Crippen LogP) is 4.28. The molecule has 3 rings (SSSR count). The van der Waals surface area contributed by atoms with Crippen LogP contribution in [0.3, 0.4) is 0 Å². The summed E-state index contributed by atoms with van der Waals surface area (Å²) in [5, 5.41) is 2.74. The highest BCUT2D eigenvalue weighted by atomic mass is 79.9. The van der Waals surface area contributed by atoms with Crippen molar-refractivity contribution >= 4 is 43.6 Å². The van der Waals surface area contributed by atoms with Crippen molar-refractivity contribution in [3.63, 3.8) is 0 Å². The van der Waals surface area contributed by atoms with Crippen molar-refractivity contribution < 1.29 is 13.2 Å². The van der Waals surface area contributed by atoms with E-state index in [1.54, 1.807) is 18.2 Å². The van der Waals surface area contributed by atoms with E-state index < -0.39 is 10.0 Å². The van der Waals surface area contributed by atoms with E-state index >= 15 is 0 Å². The summed E-state index contributed by atoms with van der Waals surface area (Å²) in [5.74, 6) is -0.274. The topological polar surface area (TPSA) is 66.5 Å². The fourth-order valence-electron chi connectivity index (χ4n) is 2.89. The Hall–Kier alpha value is -1.96. The molecule has 0 spiro atoms. The van der Waals surface area contributed by atoms with E-state index in [0.29, 0.717) is 18.8 Å². The fourth-order valence-corrected chi connectivity index (χ4v) is 4.68. The van der Waals surface area contributed by atoms with Crippen LogP contribution in [0.4, 0.5) is 5.69 Å². The van der Waals surface area contributed by atoms with Gasteiger partial charge in [-0.1, -0.05) is 34.5 Å². The molecule has 27 heavy (non-hydrogen) atoms. The van der Waals surface area contributed by atoms with Gasteiger partial charge in [-0.15, -0.1) is 0 Å². The number of piperidine rings is 1. The average Bonchev–Trinajstić information content (AvgIpc) is 2.69. The second-order valence-electron chi connectivity index (χ2n) is 6.36. The minimum Gasteiger partial charge on any atom is -0.323 e. The third kappa shape index (κ3) is 5.28. The van der Waals surface area contributed by atoms with Crippen LogP contribution in [0.15, 0.2) is 64.0 Å². The molecule has 0 bridgehead atoms. The molecule has 2 aromatic carbocycles. The number of hydrogen-bond acceptors (Lipinski definition) is 3. The highest BCUT2D eigenvalue weighted by Gasteiger charge is 2.25. The van der Waals surface area contributed by atoms with E-state index in [1.807, 2.05) is 24.3 Å². The Kier molecular flexibility index (Phi) is 6.46. The minimum atomic E-state index is -3.45. The number of hydrogen-bond donors (Lipinski definition) is 1. The fraction of sp³-hybridized carbons (Fsp3) is 0.250. The molecular weight excluding hydrogens is 428 g/mol. The number of nitrogens with zero attached hydrogens (tertiary/aromatic N) is 1. The predicted molar refractivity (Wildman–Crippen MR) is 111 cm³/mol. The van der Waals surface area contributed by atoms with Crippen LogP contribution in [0.25, 0.3) is 6.08 Å². The number of anilines is 1. The molecule has 1 heterocycles. The molecule has 0 saturated carbocycles. The summed E-state index contributed by atoms with van der Waals surface area (Å²) in [4.78, 5) is 12.3. The van der Waals surface area contributed by atoms with Crippen LogP contribution in [0, 0.1) is 0 Å². The first-order valence-electron chi connectivity index (χ1n) is 8.80. The van der Waals surface area contributed by atoms with Crippen molar-refractivity contribution in [2.75, 3.05) is 18.4 Å². The van der Waals surface area contributed by atoms with Crippen LogP contribution in [-0.4, -0.2) is 31.7 Å². The van der Waals surface area contributed by atoms with E-state index in [9.17, 15) is 13.2 Å². The molecule has 1 saturated heterocycles. The maximum Gasteiger partial charge on any atom is 0.248 e. The lowest BCUT2D eigenvalue weighted by Crippen LogP contribution is -2.35. The van der Waals surface area contributed by atoms with Crippen molar-refractivity contribution in [2.24, 2.45) is 0 Å². The highest BCUT2D eigenvalue weighted by Crippen LogP contribution is 2.22. The van der Waals surface area contributed by atoms with Crippen LogP contribution in [-0.2, 0) is 14.8 Å². The van der Waals surface area contributed by atoms with Gasteiger partial charge in [0.1, 0.15) is 0 Å². The van der Waals surface area contributed by atoms with Gasteiger partial charge < -0.3 is 5.32 Å². The van der Waals surface area contributed by atoms with Crippen LogP contribution >= 0.6 is 15.9 Å². The third-order valence-corrected chi connectivity index (χ3v) is 6.81. The van der Waals surface area contributed by atoms with Crippen molar-refractivity contribution in [3.05, 3.63) is 64.6 Å². The summed E-state index contributed by atoms with van der Waals surface area (Å²) in [6.45, 7) is 1.14. The Morgan fingerprint density at radius 2 is 1.59 bits per heavy atom. The zero-order valence-corrected chi connectivity index (χ0v) is 17.2. The summed E-state index contributed by atoms with van der Waals surface area (Å²) in [6.07, 6.45) is 6.04. The van der Waals surface area contributed by atoms with Gasteiger partial charge in [0.15, 0.2) is 0 Å². The Morgan fingerprint density at radius 3 is 2.22 bits per heavy atom. The zero-order chi connectivity index (χ0) is 19.3. The molecule has 1 aliphatic rings. The van der Waals surface area contributed by atoms with Crippen molar-refractivity contribution in [1.29, 1.82) is 0 Å². The first-order chi connectivity index (χ1) is 12.9. The van der Waals surface area contributed by atoms with Crippen LogP contribution in [0.2, 0.25) is 0 Å². The van der Waals surface area contributed by atoms with Crippen LogP contribution < -0.4 is 5.32 Å². The van der Waals surface area contributed by atoms with E-state index in [2.05, 4.69) is 21.2 Å². The number of benzene rings is 2. The summed E-state index contributed by atoms with van der Waals surface area (Å²) < 4.78 is 27.8. The molecule has 5 nitrogen and oxygen atoms in total. The summed E-state index contributed by atoms with van der Waals surface area (Å²) in [5.41, 5.74) is 1.47. The second-order valence-corrected chi connectivity index (χ2v) is 9.22. The Morgan fingerprint density at radius 1 is 0.963 bits per heavy atom. The first kappa shape index (κ1) is 19.8. The summed E-state index contributed by atoms with van der Waals surface area (Å²) >= 11 is 3.37. The van der Waals surface area contributed by atoms with Crippen LogP contribution in [0.5, 0.6) is 0 Å². The van der Waals surface area contributed by atoms with Gasteiger partial charge in [0, 0.05) is 29.3 Å². The van der Waals surface area contributed by atoms with E-state index in [1.165, 1.54) is 22.5 Å². The molecule has 1 amide bonds.